The van der Waals surface area contributed by atoms with Gasteiger partial charge in [-0.3, -0.25) is 0 Å². The fourth-order valence-electron chi connectivity index (χ4n) is 3.22. The van der Waals surface area contributed by atoms with Gasteiger partial charge in [0, 0.05) is 11.3 Å². The lowest BCUT2D eigenvalue weighted by Crippen LogP contribution is -2.11. The van der Waals surface area contributed by atoms with Crippen molar-refractivity contribution in [2.45, 2.75) is 46.1 Å². The maximum atomic E-state index is 6.10. The van der Waals surface area contributed by atoms with Crippen molar-refractivity contribution in [2.75, 3.05) is 5.73 Å². The second kappa shape index (κ2) is 4.83. The number of nitrogens with zero attached hydrogens (tertiary/aromatic N) is 4. The fourth-order valence-corrected chi connectivity index (χ4v) is 3.22. The van der Waals surface area contributed by atoms with Crippen molar-refractivity contribution in [3.63, 3.8) is 0 Å². The molecule has 3 aromatic heterocycles. The summed E-state index contributed by atoms with van der Waals surface area (Å²) in [6.07, 6.45) is 6.48. The number of aromatic nitrogens is 4. The first-order valence-corrected chi connectivity index (χ1v) is 7.68. The van der Waals surface area contributed by atoms with Gasteiger partial charge in [-0.1, -0.05) is 0 Å². The predicted octanol–water partition coefficient (Wildman–Crippen LogP) is 2.55. The van der Waals surface area contributed by atoms with Crippen LogP contribution in [0.3, 0.4) is 0 Å². The normalized spacial score (nSPS) is 14.5. The summed E-state index contributed by atoms with van der Waals surface area (Å²) in [5, 5.41) is 0.828. The smallest absolute Gasteiger partial charge is 0.232 e. The SMILES string of the molecule is Cc1oc2nc(Cn3cnc4c3CCCC4)nc(N)c2c1C. The van der Waals surface area contributed by atoms with Gasteiger partial charge in [-0.25, -0.2) is 9.97 Å². The summed E-state index contributed by atoms with van der Waals surface area (Å²) in [5.41, 5.74) is 10.2. The number of furan rings is 1. The molecule has 6 nitrogen and oxygen atoms in total. The summed E-state index contributed by atoms with van der Waals surface area (Å²) in [6, 6.07) is 0. The van der Waals surface area contributed by atoms with Crippen LogP contribution in [-0.2, 0) is 19.4 Å². The molecule has 3 heterocycles. The van der Waals surface area contributed by atoms with Gasteiger partial charge in [-0.2, -0.15) is 4.98 Å². The lowest BCUT2D eigenvalue weighted by molar-refractivity contribution is 0.559. The van der Waals surface area contributed by atoms with Crippen LogP contribution >= 0.6 is 0 Å². The maximum absolute atomic E-state index is 6.10. The molecule has 4 rings (SSSR count). The van der Waals surface area contributed by atoms with E-state index < -0.39 is 0 Å². The van der Waals surface area contributed by atoms with Crippen molar-refractivity contribution in [3.05, 3.63) is 34.9 Å². The predicted molar refractivity (Wildman–Crippen MR) is 83.7 cm³/mol. The van der Waals surface area contributed by atoms with E-state index in [0.29, 0.717) is 23.9 Å². The van der Waals surface area contributed by atoms with Gasteiger partial charge in [0.25, 0.3) is 0 Å². The van der Waals surface area contributed by atoms with Crippen LogP contribution in [0.15, 0.2) is 10.7 Å². The molecular weight excluding hydrogens is 278 g/mol. The second-order valence-electron chi connectivity index (χ2n) is 5.96. The molecule has 0 radical (unpaired) electrons. The molecule has 1 aliphatic rings. The Morgan fingerprint density at radius 1 is 1.23 bits per heavy atom. The second-order valence-corrected chi connectivity index (χ2v) is 5.96. The van der Waals surface area contributed by atoms with E-state index in [-0.39, 0.29) is 0 Å². The molecule has 0 amide bonds. The van der Waals surface area contributed by atoms with E-state index in [1.165, 1.54) is 24.2 Å². The quantitative estimate of drug-likeness (QED) is 0.786. The summed E-state index contributed by atoms with van der Waals surface area (Å²) in [5.74, 6) is 2.00. The molecule has 3 aromatic rings. The zero-order valence-corrected chi connectivity index (χ0v) is 12.9. The summed E-state index contributed by atoms with van der Waals surface area (Å²) < 4.78 is 7.83. The van der Waals surface area contributed by atoms with Crippen molar-refractivity contribution in [1.29, 1.82) is 0 Å². The average molecular weight is 297 g/mol. The molecule has 0 aromatic carbocycles. The maximum Gasteiger partial charge on any atom is 0.232 e. The molecule has 0 bridgehead atoms. The summed E-state index contributed by atoms with van der Waals surface area (Å²) >= 11 is 0. The summed E-state index contributed by atoms with van der Waals surface area (Å²) in [7, 11) is 0. The van der Waals surface area contributed by atoms with E-state index in [1.807, 2.05) is 20.2 Å². The van der Waals surface area contributed by atoms with Gasteiger partial charge in [0.15, 0.2) is 5.82 Å². The highest BCUT2D eigenvalue weighted by atomic mass is 16.3. The largest absolute Gasteiger partial charge is 0.443 e. The first kappa shape index (κ1) is 13.3. The Morgan fingerprint density at radius 2 is 2.05 bits per heavy atom. The number of aryl methyl sites for hydroxylation is 3. The minimum Gasteiger partial charge on any atom is -0.443 e. The summed E-state index contributed by atoms with van der Waals surface area (Å²) in [4.78, 5) is 13.5. The third-order valence-corrected chi connectivity index (χ3v) is 4.52. The molecule has 1 aliphatic carbocycles. The highest BCUT2D eigenvalue weighted by Crippen LogP contribution is 2.27. The van der Waals surface area contributed by atoms with Crippen LogP contribution < -0.4 is 5.73 Å². The van der Waals surface area contributed by atoms with E-state index >= 15 is 0 Å². The fraction of sp³-hybridized carbons (Fsp3) is 0.438. The van der Waals surface area contributed by atoms with Gasteiger partial charge >= 0.3 is 0 Å². The van der Waals surface area contributed by atoms with Crippen molar-refractivity contribution in [2.24, 2.45) is 0 Å². The third kappa shape index (κ3) is 1.98. The topological polar surface area (TPSA) is 82.8 Å². The van der Waals surface area contributed by atoms with E-state index in [0.717, 1.165) is 29.6 Å². The van der Waals surface area contributed by atoms with Crippen LogP contribution in [0.4, 0.5) is 5.82 Å². The molecule has 2 N–H and O–H groups in total. The average Bonchev–Trinajstić information content (AvgIpc) is 3.02. The van der Waals surface area contributed by atoms with Crippen LogP contribution in [0.25, 0.3) is 11.1 Å². The molecular formula is C16H19N5O. The van der Waals surface area contributed by atoms with Crippen molar-refractivity contribution < 1.29 is 4.42 Å². The number of fused-ring (bicyclic) bond motifs is 2. The first-order valence-electron chi connectivity index (χ1n) is 7.68. The molecule has 0 saturated carbocycles. The molecule has 114 valence electrons. The lowest BCUT2D eigenvalue weighted by atomic mass is 10.0. The Bertz CT molecular complexity index is 861. The Morgan fingerprint density at radius 3 is 2.91 bits per heavy atom. The minimum absolute atomic E-state index is 0.489. The molecule has 0 aliphatic heterocycles. The highest BCUT2D eigenvalue weighted by Gasteiger charge is 2.18. The van der Waals surface area contributed by atoms with Crippen molar-refractivity contribution in [3.8, 4) is 0 Å². The van der Waals surface area contributed by atoms with Gasteiger partial charge in [-0.05, 0) is 39.5 Å². The van der Waals surface area contributed by atoms with Crippen LogP contribution in [0.1, 0.15) is 41.4 Å². The van der Waals surface area contributed by atoms with Crippen LogP contribution in [0.5, 0.6) is 0 Å². The number of imidazole rings is 1. The van der Waals surface area contributed by atoms with Gasteiger partial charge < -0.3 is 14.7 Å². The number of hydrogen-bond acceptors (Lipinski definition) is 5. The van der Waals surface area contributed by atoms with Gasteiger partial charge in [0.1, 0.15) is 11.6 Å². The zero-order chi connectivity index (χ0) is 15.3. The highest BCUT2D eigenvalue weighted by molar-refractivity contribution is 5.88. The Kier molecular flexibility index (Phi) is 2.92. The Hall–Kier alpha value is -2.37. The minimum atomic E-state index is 0.489. The van der Waals surface area contributed by atoms with Crippen molar-refractivity contribution in [1.82, 2.24) is 19.5 Å². The van der Waals surface area contributed by atoms with E-state index in [9.17, 15) is 0 Å². The van der Waals surface area contributed by atoms with Crippen molar-refractivity contribution >= 4 is 16.9 Å². The standard InChI is InChI=1S/C16H19N5O/c1-9-10(2)22-16-14(9)15(17)19-13(20-16)7-21-8-18-11-5-3-4-6-12(11)21/h8H,3-7H2,1-2H3,(H2,17,19,20). The van der Waals surface area contributed by atoms with E-state index in [4.69, 9.17) is 10.2 Å². The van der Waals surface area contributed by atoms with Gasteiger partial charge in [-0.15, -0.1) is 0 Å². The van der Waals surface area contributed by atoms with Gasteiger partial charge in [0.05, 0.1) is 24.0 Å². The number of rotatable bonds is 2. The van der Waals surface area contributed by atoms with Crippen LogP contribution in [0.2, 0.25) is 0 Å². The van der Waals surface area contributed by atoms with Crippen LogP contribution in [0, 0.1) is 13.8 Å². The Labute approximate surface area is 128 Å². The number of hydrogen-bond donors (Lipinski definition) is 1. The first-order chi connectivity index (χ1) is 10.6. The molecule has 6 heteroatoms. The number of nitrogens with two attached hydrogens (primary N) is 1. The third-order valence-electron chi connectivity index (χ3n) is 4.52. The van der Waals surface area contributed by atoms with E-state index in [2.05, 4.69) is 19.5 Å². The van der Waals surface area contributed by atoms with Gasteiger partial charge in [0.2, 0.25) is 5.71 Å². The molecule has 0 fully saturated rings. The monoisotopic (exact) mass is 297 g/mol. The zero-order valence-electron chi connectivity index (χ0n) is 12.9. The van der Waals surface area contributed by atoms with Crippen LogP contribution in [-0.4, -0.2) is 19.5 Å². The number of anilines is 1. The summed E-state index contributed by atoms with van der Waals surface area (Å²) in [6.45, 7) is 4.48. The lowest BCUT2D eigenvalue weighted by Gasteiger charge is -2.13. The Balaban J connectivity index is 1.74. The molecule has 0 spiro atoms. The molecule has 0 unspecified atom stereocenters. The number of nitrogen functional groups attached to an aromatic ring is 1. The molecule has 22 heavy (non-hydrogen) atoms. The molecule has 0 atom stereocenters. The molecule has 0 saturated heterocycles. The van der Waals surface area contributed by atoms with E-state index in [1.54, 1.807) is 0 Å².